The fraction of sp³-hybridized carbons (Fsp3) is 0.200. The van der Waals surface area contributed by atoms with E-state index >= 15 is 0 Å². The Morgan fingerprint density at radius 1 is 0.957 bits per heavy atom. The highest BCUT2D eigenvalue weighted by Crippen LogP contribution is 2.06. The quantitative estimate of drug-likeness (QED) is 0.368. The normalized spacial score (nSPS) is 9.65. The van der Waals surface area contributed by atoms with Gasteiger partial charge in [-0.1, -0.05) is 99.6 Å². The monoisotopic (exact) mass is 328 g/mol. The molecule has 0 radical (unpaired) electrons. The Balaban J connectivity index is 0.000000414. The Morgan fingerprint density at radius 2 is 1.43 bits per heavy atom. The fourth-order valence-corrected chi connectivity index (χ4v) is 1.69. The van der Waals surface area contributed by atoms with E-state index in [1.807, 2.05) is 50.2 Å². The maximum absolute atomic E-state index is 5.53. The van der Waals surface area contributed by atoms with Crippen molar-refractivity contribution in [3.05, 3.63) is 83.5 Å². The van der Waals surface area contributed by atoms with Crippen molar-refractivity contribution in [2.45, 2.75) is 27.2 Å². The first kappa shape index (κ1) is 20.8. The second-order valence-electron chi connectivity index (χ2n) is 4.17. The maximum Gasteiger partial charge on any atom is 0.160 e. The molecular weight excluding hydrogens is 304 g/mol. The van der Waals surface area contributed by atoms with E-state index in [1.54, 1.807) is 0 Å². The highest BCUT2D eigenvalue weighted by molar-refractivity contribution is 6.30. The van der Waals surface area contributed by atoms with E-state index in [2.05, 4.69) is 54.5 Å². The molecule has 0 saturated heterocycles. The minimum Gasteiger partial charge on any atom is -0.245 e. The van der Waals surface area contributed by atoms with E-state index in [4.69, 9.17) is 11.6 Å². The molecule has 122 valence electrons. The molecule has 2 aromatic carbocycles. The second kappa shape index (κ2) is 13.5. The fourth-order valence-electron chi connectivity index (χ4n) is 1.61. The lowest BCUT2D eigenvalue weighted by Gasteiger charge is -1.98. The minimum atomic E-state index is 0.200. The molecule has 2 nitrogen and oxygen atoms in total. The van der Waals surface area contributed by atoms with Crippen molar-refractivity contribution >= 4 is 24.2 Å². The summed E-state index contributed by atoms with van der Waals surface area (Å²) >= 11 is 5.53. The Labute approximate surface area is 145 Å². The van der Waals surface area contributed by atoms with Gasteiger partial charge in [-0.3, -0.25) is 0 Å². The Morgan fingerprint density at radius 3 is 1.78 bits per heavy atom. The first-order valence-corrected chi connectivity index (χ1v) is 8.04. The second-order valence-corrected chi connectivity index (χ2v) is 4.61. The molecule has 0 bridgehead atoms. The summed E-state index contributed by atoms with van der Waals surface area (Å²) in [4.78, 5) is 7.68. The van der Waals surface area contributed by atoms with Crippen LogP contribution in [0.1, 0.15) is 31.9 Å². The van der Waals surface area contributed by atoms with Crippen LogP contribution in [0.2, 0.25) is 0 Å². The van der Waals surface area contributed by atoms with Gasteiger partial charge in [0.1, 0.15) is 5.16 Å². The number of halogens is 1. The summed E-state index contributed by atoms with van der Waals surface area (Å²) in [6.07, 6.45) is 1.14. The SMILES string of the molecule is C=N/C(=N\C(=C)Cl)c1ccccc1.CC.CCc1ccccc1. The van der Waals surface area contributed by atoms with Gasteiger partial charge in [-0.05, 0) is 18.7 Å². The minimum absolute atomic E-state index is 0.200. The summed E-state index contributed by atoms with van der Waals surface area (Å²) in [5.41, 5.74) is 2.28. The van der Waals surface area contributed by atoms with Gasteiger partial charge in [-0.25, -0.2) is 9.98 Å². The van der Waals surface area contributed by atoms with Crippen molar-refractivity contribution in [3.8, 4) is 0 Å². The van der Waals surface area contributed by atoms with Gasteiger partial charge in [-0.2, -0.15) is 0 Å². The van der Waals surface area contributed by atoms with Crippen molar-refractivity contribution < 1.29 is 0 Å². The standard InChI is InChI=1S/C10H9ClN2.C8H10.C2H6/c1-8(11)13-10(12-2)9-6-4-3-5-7-9;1-2-8-6-4-3-5-7-8;1-2/h3-7H,1-2H2;3-7H,2H2,1H3;1-2H3/b13-10-;;. The summed E-state index contributed by atoms with van der Waals surface area (Å²) in [5.74, 6) is 0.487. The van der Waals surface area contributed by atoms with E-state index in [9.17, 15) is 0 Å². The number of nitrogens with zero attached hydrogens (tertiary/aromatic N) is 2. The van der Waals surface area contributed by atoms with Crippen LogP contribution in [0.25, 0.3) is 0 Å². The number of aryl methyl sites for hydroxylation is 1. The maximum atomic E-state index is 5.53. The zero-order valence-corrected chi connectivity index (χ0v) is 14.9. The molecule has 0 spiro atoms. The predicted molar refractivity (Wildman–Crippen MR) is 105 cm³/mol. The molecule has 0 heterocycles. The smallest absolute Gasteiger partial charge is 0.160 e. The van der Waals surface area contributed by atoms with Crippen LogP contribution in [0.15, 0.2) is 82.4 Å². The molecule has 0 fully saturated rings. The third-order valence-corrected chi connectivity index (χ3v) is 2.74. The Bertz CT molecular complexity index is 590. The van der Waals surface area contributed by atoms with Crippen LogP contribution in [-0.2, 0) is 6.42 Å². The van der Waals surface area contributed by atoms with Gasteiger partial charge in [0.15, 0.2) is 5.84 Å². The summed E-state index contributed by atoms with van der Waals surface area (Å²) in [6, 6.07) is 19.9. The molecule has 0 aliphatic heterocycles. The van der Waals surface area contributed by atoms with Crippen LogP contribution in [0.3, 0.4) is 0 Å². The molecule has 0 saturated carbocycles. The van der Waals surface area contributed by atoms with Gasteiger partial charge in [0, 0.05) is 5.56 Å². The molecule has 0 N–H and O–H groups in total. The molecule has 23 heavy (non-hydrogen) atoms. The van der Waals surface area contributed by atoms with Crippen LogP contribution in [0, 0.1) is 0 Å². The van der Waals surface area contributed by atoms with Gasteiger partial charge in [0.25, 0.3) is 0 Å². The third-order valence-electron chi connectivity index (χ3n) is 2.66. The lowest BCUT2D eigenvalue weighted by Crippen LogP contribution is -1.95. The van der Waals surface area contributed by atoms with Crippen molar-refractivity contribution in [2.75, 3.05) is 0 Å². The Kier molecular flexibility index (Phi) is 12.2. The van der Waals surface area contributed by atoms with Crippen molar-refractivity contribution in [1.29, 1.82) is 0 Å². The molecule has 0 aliphatic rings. The molecule has 2 rings (SSSR count). The largest absolute Gasteiger partial charge is 0.245 e. The van der Waals surface area contributed by atoms with Crippen LogP contribution in [-0.4, -0.2) is 12.6 Å². The summed E-state index contributed by atoms with van der Waals surface area (Å²) in [5, 5.41) is 0.200. The van der Waals surface area contributed by atoms with Gasteiger partial charge < -0.3 is 0 Å². The summed E-state index contributed by atoms with van der Waals surface area (Å²) in [6.45, 7) is 13.0. The lowest BCUT2D eigenvalue weighted by molar-refractivity contribution is 1.14. The van der Waals surface area contributed by atoms with Crippen molar-refractivity contribution in [1.82, 2.24) is 0 Å². The van der Waals surface area contributed by atoms with E-state index < -0.39 is 0 Å². The molecule has 3 heteroatoms. The third kappa shape index (κ3) is 9.43. The molecular formula is C20H25ClN2. The summed E-state index contributed by atoms with van der Waals surface area (Å²) < 4.78 is 0. The molecule has 0 aliphatic carbocycles. The van der Waals surface area contributed by atoms with Gasteiger partial charge >= 0.3 is 0 Å². The van der Waals surface area contributed by atoms with Gasteiger partial charge in [0.2, 0.25) is 0 Å². The van der Waals surface area contributed by atoms with Crippen molar-refractivity contribution in [3.63, 3.8) is 0 Å². The predicted octanol–water partition coefficient (Wildman–Crippen LogP) is 6.12. The highest BCUT2D eigenvalue weighted by Gasteiger charge is 1.98. The number of hydrogen-bond donors (Lipinski definition) is 0. The Hall–Kier alpha value is -2.19. The first-order valence-electron chi connectivity index (χ1n) is 7.66. The number of benzene rings is 2. The van der Waals surface area contributed by atoms with Crippen LogP contribution < -0.4 is 0 Å². The molecule has 0 unspecified atom stereocenters. The number of aliphatic imine (C=N–C) groups is 2. The first-order chi connectivity index (χ1) is 11.2. The van der Waals surface area contributed by atoms with E-state index in [1.165, 1.54) is 5.56 Å². The number of rotatable bonds is 3. The lowest BCUT2D eigenvalue weighted by atomic mass is 10.2. The van der Waals surface area contributed by atoms with E-state index in [0.717, 1.165) is 12.0 Å². The molecule has 0 aromatic heterocycles. The highest BCUT2D eigenvalue weighted by atomic mass is 35.5. The average Bonchev–Trinajstić information content (AvgIpc) is 2.63. The number of amidine groups is 1. The molecule has 0 amide bonds. The summed E-state index contributed by atoms with van der Waals surface area (Å²) in [7, 11) is 0. The van der Waals surface area contributed by atoms with Gasteiger partial charge in [0.05, 0.1) is 0 Å². The van der Waals surface area contributed by atoms with Crippen LogP contribution in [0.4, 0.5) is 0 Å². The zero-order valence-electron chi connectivity index (χ0n) is 14.2. The van der Waals surface area contributed by atoms with E-state index in [-0.39, 0.29) is 5.16 Å². The molecule has 0 atom stereocenters. The topological polar surface area (TPSA) is 24.7 Å². The van der Waals surface area contributed by atoms with Crippen LogP contribution >= 0.6 is 11.6 Å². The van der Waals surface area contributed by atoms with Gasteiger partial charge in [-0.15, -0.1) is 0 Å². The van der Waals surface area contributed by atoms with Crippen LogP contribution in [0.5, 0.6) is 0 Å². The number of hydrogen-bond acceptors (Lipinski definition) is 1. The van der Waals surface area contributed by atoms with Crippen molar-refractivity contribution in [2.24, 2.45) is 9.98 Å². The average molecular weight is 329 g/mol. The zero-order chi connectivity index (χ0) is 17.5. The van der Waals surface area contributed by atoms with E-state index in [0.29, 0.717) is 5.84 Å². The molecule has 2 aromatic rings.